The Morgan fingerprint density at radius 3 is 1.41 bits per heavy atom. The maximum atomic E-state index is 8.49. The predicted molar refractivity (Wildman–Crippen MR) is 118 cm³/mol. The second-order valence-corrected chi connectivity index (χ2v) is 9.41. The molecule has 4 rings (SSSR count). The number of rotatable bonds is 3. The van der Waals surface area contributed by atoms with Crippen molar-refractivity contribution in [3.05, 3.63) is 58.7 Å². The van der Waals surface area contributed by atoms with Crippen molar-refractivity contribution in [2.24, 2.45) is 0 Å². The first kappa shape index (κ1) is 26.1. The quantitative estimate of drug-likeness (QED) is 0.455. The monoisotopic (exact) mass is 488 g/mol. The molecule has 0 radical (unpaired) electrons. The molecule has 1 aliphatic heterocycles. The smallest absolute Gasteiger partial charge is 0.332 e. The number of quaternary nitrogens is 1. The fraction of sp³-hybridized carbons (Fsp3) is 0.375. The Labute approximate surface area is 201 Å². The first-order chi connectivity index (χ1) is 15.9. The van der Waals surface area contributed by atoms with E-state index >= 15 is 0 Å². The van der Waals surface area contributed by atoms with E-state index in [0.717, 1.165) is 55.0 Å². The molecule has 1 aliphatic rings. The molecule has 1 aromatic heterocycles. The van der Waals surface area contributed by atoms with Crippen molar-refractivity contribution in [2.75, 3.05) is 33.4 Å². The first-order valence-corrected chi connectivity index (χ1v) is 12.1. The highest BCUT2D eigenvalue weighted by molar-refractivity contribution is 5.70. The molecule has 9 nitrogen and oxygen atoms in total. The second kappa shape index (κ2) is 10.4. The van der Waals surface area contributed by atoms with Crippen LogP contribution in [0.2, 0.25) is 0 Å². The van der Waals surface area contributed by atoms with E-state index in [1.165, 1.54) is 22.3 Å². The minimum Gasteiger partial charge on any atom is -0.370 e. The molecule has 0 amide bonds. The molecular weight excluding hydrogens is 460 g/mol. The molecule has 2 aromatic carbocycles. The van der Waals surface area contributed by atoms with E-state index < -0.39 is 10.2 Å². The third kappa shape index (κ3) is 6.34. The van der Waals surface area contributed by atoms with Crippen LogP contribution >= 0.6 is 0 Å². The molecule has 0 bridgehead atoms. The summed E-state index contributed by atoms with van der Waals surface area (Å²) in [5.41, 5.74) is 6.92. The Hall–Kier alpha value is -2.50. The Bertz CT molecular complexity index is 1040. The number of aryl methyl sites for hydroxylation is 4. The van der Waals surface area contributed by atoms with Crippen LogP contribution in [0.3, 0.4) is 0 Å². The average molecular weight is 489 g/mol. The Balaban J connectivity index is 0.000000588. The Morgan fingerprint density at radius 1 is 0.706 bits per heavy atom. The maximum absolute atomic E-state index is 8.49. The number of hydrogen-bond acceptors (Lipinski definition) is 8. The van der Waals surface area contributed by atoms with Crippen LogP contribution in [0.4, 0.5) is 5.95 Å². The van der Waals surface area contributed by atoms with E-state index in [1.54, 1.807) is 0 Å². The van der Waals surface area contributed by atoms with Gasteiger partial charge in [-0.1, -0.05) is 36.4 Å². The van der Waals surface area contributed by atoms with E-state index in [1.807, 2.05) is 0 Å². The van der Waals surface area contributed by atoms with Gasteiger partial charge >= 0.3 is 5.95 Å². The maximum Gasteiger partial charge on any atom is 0.332 e. The largest absolute Gasteiger partial charge is 0.370 e. The molecule has 0 unspecified atom stereocenters. The van der Waals surface area contributed by atoms with Crippen LogP contribution < -0.4 is 23.1 Å². The molecule has 182 valence electrons. The second-order valence-electron chi connectivity index (χ2n) is 8.65. The van der Waals surface area contributed by atoms with Gasteiger partial charge in [0, 0.05) is 11.1 Å². The van der Waals surface area contributed by atoms with Crippen LogP contribution in [-0.4, -0.2) is 48.3 Å². The van der Waals surface area contributed by atoms with Crippen molar-refractivity contribution >= 4 is 5.95 Å². The van der Waals surface area contributed by atoms with Crippen LogP contribution in [0, 0.1) is 37.9 Å². The fourth-order valence-electron chi connectivity index (χ4n) is 4.11. The number of morpholine rings is 1. The molecule has 34 heavy (non-hydrogen) atoms. The van der Waals surface area contributed by atoms with Crippen molar-refractivity contribution in [3.8, 4) is 22.8 Å². The Kier molecular flexibility index (Phi) is 7.99. The van der Waals surface area contributed by atoms with Gasteiger partial charge in [0.25, 0.3) is 0 Å². The van der Waals surface area contributed by atoms with E-state index in [4.69, 9.17) is 38.3 Å². The van der Waals surface area contributed by atoms with Gasteiger partial charge in [-0.15, -0.1) is 10.2 Å². The van der Waals surface area contributed by atoms with E-state index in [2.05, 4.69) is 71.1 Å². The van der Waals surface area contributed by atoms with Gasteiger partial charge in [0.05, 0.1) is 20.3 Å². The molecule has 0 saturated carbocycles. The van der Waals surface area contributed by atoms with Crippen molar-refractivity contribution in [1.82, 2.24) is 19.4 Å². The molecule has 3 aromatic rings. The van der Waals surface area contributed by atoms with E-state index in [-0.39, 0.29) is 0 Å². The van der Waals surface area contributed by atoms with Crippen LogP contribution in [0.5, 0.6) is 0 Å². The zero-order valence-electron chi connectivity index (χ0n) is 20.0. The number of hydrogen-bond donors (Lipinski definition) is 0. The number of aromatic nitrogens is 3. The average Bonchev–Trinajstić information content (AvgIpc) is 2.73. The van der Waals surface area contributed by atoms with Gasteiger partial charge in [0.1, 0.15) is 13.1 Å². The molecule has 0 atom stereocenters. The summed E-state index contributed by atoms with van der Waals surface area (Å²) in [5.74, 6) is 2.33. The van der Waals surface area contributed by atoms with Gasteiger partial charge in [-0.2, -0.15) is 9.97 Å². The highest BCUT2D eigenvalue weighted by Crippen LogP contribution is 2.31. The summed E-state index contributed by atoms with van der Waals surface area (Å²) in [6, 6.07) is 12.6. The summed E-state index contributed by atoms with van der Waals surface area (Å²) in [6.45, 7) is 11.7. The van der Waals surface area contributed by atoms with Crippen LogP contribution in [0.1, 0.15) is 22.3 Å². The van der Waals surface area contributed by atoms with Gasteiger partial charge in [0.15, 0.2) is 11.6 Å². The summed E-state index contributed by atoms with van der Waals surface area (Å²) in [4.78, 5) is 15.0. The third-order valence-electron chi connectivity index (χ3n) is 5.97. The van der Waals surface area contributed by atoms with Crippen LogP contribution in [0.15, 0.2) is 36.4 Å². The number of likely N-dealkylation sites (N-methyl/N-ethyl adjacent to an activating group) is 1. The van der Waals surface area contributed by atoms with Crippen LogP contribution in [0.25, 0.3) is 22.8 Å². The van der Waals surface area contributed by atoms with Crippen molar-refractivity contribution in [1.29, 1.82) is 0 Å². The molecule has 1 fully saturated rings. The van der Waals surface area contributed by atoms with Crippen molar-refractivity contribution < 1.29 is 33.6 Å². The zero-order valence-corrected chi connectivity index (χ0v) is 20.8. The fourth-order valence-corrected chi connectivity index (χ4v) is 4.11. The highest BCUT2D eigenvalue weighted by Gasteiger charge is 2.33. The first-order valence-electron chi connectivity index (χ1n) is 10.8. The molecule has 1 saturated heterocycles. The lowest BCUT2D eigenvalue weighted by molar-refractivity contribution is -2.00. The van der Waals surface area contributed by atoms with Crippen LogP contribution in [-0.2, 0) is 4.74 Å². The van der Waals surface area contributed by atoms with Gasteiger partial charge in [-0.05, 0) is 49.9 Å². The molecule has 0 aliphatic carbocycles. The molecular formula is C24H29ClN4O5. The number of nitrogens with zero attached hydrogens (tertiary/aromatic N) is 4. The van der Waals surface area contributed by atoms with Gasteiger partial charge in [-0.3, -0.25) is 4.48 Å². The topological polar surface area (TPSA) is 140 Å². The van der Waals surface area contributed by atoms with E-state index in [0.29, 0.717) is 4.48 Å². The van der Waals surface area contributed by atoms with Gasteiger partial charge < -0.3 is 4.74 Å². The summed E-state index contributed by atoms with van der Waals surface area (Å²) in [6.07, 6.45) is 0. The summed E-state index contributed by atoms with van der Waals surface area (Å²) >= 11 is 0. The highest BCUT2D eigenvalue weighted by atomic mass is 35.7. The SMILES string of the molecule is Cc1cccc(C)c1-c1nc(-c2c(C)cccc2C)nc([N+]2(C)CCOCC2)n1.[O-][Cl+3]([O-])([O-])[O-]. The summed E-state index contributed by atoms with van der Waals surface area (Å²) in [5, 5.41) is 0. The lowest BCUT2D eigenvalue weighted by atomic mass is 10.0. The standard InChI is InChI=1S/C24H29N4O.ClHO4/c1-16-8-6-9-17(2)20(16)22-25-23(21-18(3)10-7-11-19(21)4)27-24(26-22)28(5)12-14-29-15-13-28;2-1(3,4)5/h6-11H,12-15H2,1-5H3;(H,2,3,4,5)/q+1;/p-1. The Morgan fingerprint density at radius 2 is 1.06 bits per heavy atom. The minimum absolute atomic E-state index is 0.665. The van der Waals surface area contributed by atoms with Crippen molar-refractivity contribution in [3.63, 3.8) is 0 Å². The molecule has 10 heteroatoms. The normalized spacial score (nSPS) is 15.4. The van der Waals surface area contributed by atoms with E-state index in [9.17, 15) is 0 Å². The number of benzene rings is 2. The van der Waals surface area contributed by atoms with Gasteiger partial charge in [-0.25, -0.2) is 23.6 Å². The molecule has 0 N–H and O–H groups in total. The van der Waals surface area contributed by atoms with Gasteiger partial charge in [0.2, 0.25) is 0 Å². The number of ether oxygens (including phenoxy) is 1. The summed E-state index contributed by atoms with van der Waals surface area (Å²) in [7, 11) is -2.75. The molecule has 2 heterocycles. The molecule has 0 spiro atoms. The number of halogens is 1. The zero-order chi connectivity index (χ0) is 25.1. The summed E-state index contributed by atoms with van der Waals surface area (Å²) < 4.78 is 40.2. The predicted octanol–water partition coefficient (Wildman–Crippen LogP) is -0.349. The minimum atomic E-state index is -4.94. The van der Waals surface area contributed by atoms with Crippen molar-refractivity contribution in [2.45, 2.75) is 27.7 Å². The lowest BCUT2D eigenvalue weighted by Crippen LogP contribution is -2.68. The third-order valence-corrected chi connectivity index (χ3v) is 5.97. The lowest BCUT2D eigenvalue weighted by Gasteiger charge is -2.34.